The molecule has 0 saturated heterocycles. The predicted octanol–water partition coefficient (Wildman–Crippen LogP) is 3.67. The van der Waals surface area contributed by atoms with Crippen molar-refractivity contribution in [3.8, 4) is 5.75 Å². The standard InChI is InChI=1S/C17H27NO2/c1-6-9-13(2)18-16(19)12-20-15-11-8-7-10-14(15)17(3,4)5/h7-8,10-11,13H,6,9,12H2,1-5H3,(H,18,19)/t13-/m0/s1. The molecule has 0 aliphatic carbocycles. The van der Waals surface area contributed by atoms with Crippen molar-refractivity contribution in [3.05, 3.63) is 29.8 Å². The quantitative estimate of drug-likeness (QED) is 0.861. The molecular formula is C17H27NO2. The maximum Gasteiger partial charge on any atom is 0.258 e. The molecule has 3 nitrogen and oxygen atoms in total. The Morgan fingerprint density at radius 3 is 2.55 bits per heavy atom. The average Bonchev–Trinajstić information content (AvgIpc) is 2.36. The van der Waals surface area contributed by atoms with Crippen LogP contribution in [-0.2, 0) is 10.2 Å². The van der Waals surface area contributed by atoms with Gasteiger partial charge in [0.25, 0.3) is 5.91 Å². The molecule has 3 heteroatoms. The van der Waals surface area contributed by atoms with Gasteiger partial charge in [-0.05, 0) is 30.4 Å². The molecule has 1 amide bonds. The first-order valence-corrected chi connectivity index (χ1v) is 7.36. The number of hydrogen-bond acceptors (Lipinski definition) is 2. The maximum absolute atomic E-state index is 11.8. The normalized spacial score (nSPS) is 12.8. The van der Waals surface area contributed by atoms with Crippen molar-refractivity contribution >= 4 is 5.91 Å². The number of ether oxygens (including phenoxy) is 1. The van der Waals surface area contributed by atoms with E-state index >= 15 is 0 Å². The lowest BCUT2D eigenvalue weighted by Gasteiger charge is -2.22. The van der Waals surface area contributed by atoms with Crippen molar-refractivity contribution in [1.29, 1.82) is 0 Å². The van der Waals surface area contributed by atoms with Crippen LogP contribution in [0.15, 0.2) is 24.3 Å². The van der Waals surface area contributed by atoms with E-state index < -0.39 is 0 Å². The van der Waals surface area contributed by atoms with Crippen LogP contribution in [0.5, 0.6) is 5.75 Å². The topological polar surface area (TPSA) is 38.3 Å². The Balaban J connectivity index is 2.60. The number of carbonyl (C=O) groups excluding carboxylic acids is 1. The van der Waals surface area contributed by atoms with Gasteiger partial charge in [-0.25, -0.2) is 0 Å². The molecule has 0 unspecified atom stereocenters. The Morgan fingerprint density at radius 1 is 1.30 bits per heavy atom. The number of hydrogen-bond donors (Lipinski definition) is 1. The van der Waals surface area contributed by atoms with Crippen molar-refractivity contribution in [2.24, 2.45) is 0 Å². The summed E-state index contributed by atoms with van der Waals surface area (Å²) in [6.07, 6.45) is 2.06. The van der Waals surface area contributed by atoms with E-state index in [0.29, 0.717) is 0 Å². The molecule has 1 aromatic carbocycles. The molecule has 112 valence electrons. The summed E-state index contributed by atoms with van der Waals surface area (Å²) in [4.78, 5) is 11.8. The second-order valence-electron chi connectivity index (χ2n) is 6.29. The highest BCUT2D eigenvalue weighted by molar-refractivity contribution is 5.77. The van der Waals surface area contributed by atoms with E-state index in [4.69, 9.17) is 4.74 Å². The number of amides is 1. The fraction of sp³-hybridized carbons (Fsp3) is 0.588. The van der Waals surface area contributed by atoms with E-state index in [9.17, 15) is 4.79 Å². The van der Waals surface area contributed by atoms with Gasteiger partial charge in [-0.2, -0.15) is 0 Å². The highest BCUT2D eigenvalue weighted by Gasteiger charge is 2.19. The van der Waals surface area contributed by atoms with Crippen molar-refractivity contribution in [3.63, 3.8) is 0 Å². The molecule has 20 heavy (non-hydrogen) atoms. The van der Waals surface area contributed by atoms with Gasteiger partial charge in [0.05, 0.1) is 0 Å². The van der Waals surface area contributed by atoms with Crippen molar-refractivity contribution in [2.75, 3.05) is 6.61 Å². The molecule has 0 aromatic heterocycles. The van der Waals surface area contributed by atoms with E-state index in [1.807, 2.05) is 31.2 Å². The fourth-order valence-corrected chi connectivity index (χ4v) is 2.18. The second kappa shape index (κ2) is 7.32. The molecule has 0 bridgehead atoms. The zero-order chi connectivity index (χ0) is 15.2. The van der Waals surface area contributed by atoms with Gasteiger partial charge < -0.3 is 10.1 Å². The molecular weight excluding hydrogens is 250 g/mol. The van der Waals surface area contributed by atoms with Gasteiger partial charge in [-0.3, -0.25) is 4.79 Å². The first-order valence-electron chi connectivity index (χ1n) is 7.36. The van der Waals surface area contributed by atoms with Gasteiger partial charge in [0.2, 0.25) is 0 Å². The van der Waals surface area contributed by atoms with Crippen molar-refractivity contribution in [1.82, 2.24) is 5.32 Å². The second-order valence-corrected chi connectivity index (χ2v) is 6.29. The minimum absolute atomic E-state index is 0.00255. The zero-order valence-corrected chi connectivity index (χ0v) is 13.3. The Hall–Kier alpha value is -1.51. The number of para-hydroxylation sites is 1. The van der Waals surface area contributed by atoms with Crippen molar-refractivity contribution in [2.45, 2.75) is 58.9 Å². The van der Waals surface area contributed by atoms with Crippen LogP contribution in [0.2, 0.25) is 0 Å². The molecule has 1 N–H and O–H groups in total. The van der Waals surface area contributed by atoms with Gasteiger partial charge in [0.1, 0.15) is 5.75 Å². The van der Waals surface area contributed by atoms with Crippen LogP contribution in [0.1, 0.15) is 53.0 Å². The summed E-state index contributed by atoms with van der Waals surface area (Å²) >= 11 is 0. The summed E-state index contributed by atoms with van der Waals surface area (Å²) in [5, 5.41) is 2.95. The van der Waals surface area contributed by atoms with Crippen LogP contribution in [0.25, 0.3) is 0 Å². The van der Waals surface area contributed by atoms with Gasteiger partial charge in [-0.15, -0.1) is 0 Å². The van der Waals surface area contributed by atoms with E-state index in [1.54, 1.807) is 0 Å². The molecule has 0 heterocycles. The number of benzene rings is 1. The largest absolute Gasteiger partial charge is 0.483 e. The Bertz CT molecular complexity index is 435. The lowest BCUT2D eigenvalue weighted by molar-refractivity contribution is -0.123. The zero-order valence-electron chi connectivity index (χ0n) is 13.3. The van der Waals surface area contributed by atoms with Crippen LogP contribution >= 0.6 is 0 Å². The first kappa shape index (κ1) is 16.5. The smallest absolute Gasteiger partial charge is 0.258 e. The van der Waals surface area contributed by atoms with Crippen LogP contribution in [0.4, 0.5) is 0 Å². The SMILES string of the molecule is CCC[C@H](C)NC(=O)COc1ccccc1C(C)(C)C. The van der Waals surface area contributed by atoms with Gasteiger partial charge in [0, 0.05) is 6.04 Å². The maximum atomic E-state index is 11.8. The number of rotatable bonds is 6. The van der Waals surface area contributed by atoms with Crippen LogP contribution in [0, 0.1) is 0 Å². The van der Waals surface area contributed by atoms with Crippen LogP contribution in [-0.4, -0.2) is 18.6 Å². The third kappa shape index (κ3) is 5.24. The number of nitrogens with one attached hydrogen (secondary N) is 1. The summed E-state index contributed by atoms with van der Waals surface area (Å²) in [6, 6.07) is 8.10. The van der Waals surface area contributed by atoms with Crippen LogP contribution < -0.4 is 10.1 Å². The summed E-state index contributed by atoms with van der Waals surface area (Å²) in [5.41, 5.74) is 1.12. The molecule has 0 aliphatic heterocycles. The molecule has 0 radical (unpaired) electrons. The molecule has 0 fully saturated rings. The van der Waals surface area contributed by atoms with Gasteiger partial charge >= 0.3 is 0 Å². The lowest BCUT2D eigenvalue weighted by Crippen LogP contribution is -2.36. The average molecular weight is 277 g/mol. The van der Waals surface area contributed by atoms with Crippen LogP contribution in [0.3, 0.4) is 0 Å². The van der Waals surface area contributed by atoms with E-state index in [2.05, 4.69) is 33.0 Å². The van der Waals surface area contributed by atoms with Gasteiger partial charge in [0.15, 0.2) is 6.61 Å². The molecule has 1 aromatic rings. The van der Waals surface area contributed by atoms with Gasteiger partial charge in [-0.1, -0.05) is 52.3 Å². The monoisotopic (exact) mass is 277 g/mol. The van der Waals surface area contributed by atoms with E-state index in [0.717, 1.165) is 24.2 Å². The Morgan fingerprint density at radius 2 is 1.95 bits per heavy atom. The first-order chi connectivity index (χ1) is 9.34. The third-order valence-corrected chi connectivity index (χ3v) is 3.18. The summed E-state index contributed by atoms with van der Waals surface area (Å²) < 4.78 is 5.69. The molecule has 0 aliphatic rings. The highest BCUT2D eigenvalue weighted by Crippen LogP contribution is 2.30. The summed E-state index contributed by atoms with van der Waals surface area (Å²) in [6.45, 7) is 10.6. The fourth-order valence-electron chi connectivity index (χ4n) is 2.18. The lowest BCUT2D eigenvalue weighted by atomic mass is 9.86. The predicted molar refractivity (Wildman–Crippen MR) is 83.1 cm³/mol. The summed E-state index contributed by atoms with van der Waals surface area (Å²) in [7, 11) is 0. The molecule has 1 rings (SSSR count). The van der Waals surface area contributed by atoms with E-state index in [-0.39, 0.29) is 24.0 Å². The molecule has 0 saturated carbocycles. The third-order valence-electron chi connectivity index (χ3n) is 3.18. The summed E-state index contributed by atoms with van der Waals surface area (Å²) in [5.74, 6) is 0.730. The minimum Gasteiger partial charge on any atom is -0.483 e. The molecule has 1 atom stereocenters. The molecule has 0 spiro atoms. The number of carbonyl (C=O) groups is 1. The minimum atomic E-state index is -0.0605. The Labute approximate surface area is 122 Å². The van der Waals surface area contributed by atoms with E-state index in [1.165, 1.54) is 0 Å². The Kier molecular flexibility index (Phi) is 6.05. The highest BCUT2D eigenvalue weighted by atomic mass is 16.5. The van der Waals surface area contributed by atoms with Crippen molar-refractivity contribution < 1.29 is 9.53 Å².